The normalized spacial score (nSPS) is 24.0. The van der Waals surface area contributed by atoms with E-state index in [-0.39, 0.29) is 0 Å². The summed E-state index contributed by atoms with van der Waals surface area (Å²) in [6, 6.07) is 7.15. The highest BCUT2D eigenvalue weighted by molar-refractivity contribution is 5.43. The number of nitrogens with zero attached hydrogens (tertiary/aromatic N) is 2. The molecule has 0 aliphatic carbocycles. The van der Waals surface area contributed by atoms with Crippen LogP contribution in [0.1, 0.15) is 31.4 Å². The van der Waals surface area contributed by atoms with Crippen molar-refractivity contribution in [2.75, 3.05) is 53.5 Å². The Bertz CT molecular complexity index is 531. The number of likely N-dealkylation sites (tertiary alicyclic amines) is 1. The highest BCUT2D eigenvalue weighted by Crippen LogP contribution is 2.35. The molecule has 2 saturated heterocycles. The zero-order valence-electron chi connectivity index (χ0n) is 15.3. The summed E-state index contributed by atoms with van der Waals surface area (Å²) in [5.74, 6) is 1.79. The molecule has 0 radical (unpaired) electrons. The standard InChI is InChI=1S/C19H31N3O2/c1-15-13-20-8-11-22(15)18(14-21-9-4-5-10-21)17-7-6-16(23-2)12-19(17)24-3/h6-7,12,15,18,20H,4-5,8-11,13-14H2,1-3H3. The minimum Gasteiger partial charge on any atom is -0.497 e. The molecular formula is C19H31N3O2. The van der Waals surface area contributed by atoms with Crippen LogP contribution < -0.4 is 14.8 Å². The van der Waals surface area contributed by atoms with Crippen LogP contribution >= 0.6 is 0 Å². The van der Waals surface area contributed by atoms with Crippen molar-refractivity contribution >= 4 is 0 Å². The van der Waals surface area contributed by atoms with Crippen molar-refractivity contribution in [3.63, 3.8) is 0 Å². The Balaban J connectivity index is 1.90. The molecule has 1 aromatic carbocycles. The van der Waals surface area contributed by atoms with Gasteiger partial charge in [0.05, 0.1) is 20.3 Å². The van der Waals surface area contributed by atoms with Gasteiger partial charge < -0.3 is 19.7 Å². The van der Waals surface area contributed by atoms with Gasteiger partial charge in [-0.05, 0) is 38.9 Å². The largest absolute Gasteiger partial charge is 0.497 e. The molecule has 2 unspecified atom stereocenters. The van der Waals surface area contributed by atoms with Crippen molar-refractivity contribution in [3.8, 4) is 11.5 Å². The quantitative estimate of drug-likeness (QED) is 0.863. The Morgan fingerprint density at radius 1 is 1.17 bits per heavy atom. The van der Waals surface area contributed by atoms with E-state index in [1.165, 1.54) is 31.5 Å². The van der Waals surface area contributed by atoms with E-state index in [4.69, 9.17) is 9.47 Å². The Kier molecular flexibility index (Phi) is 5.98. The van der Waals surface area contributed by atoms with Crippen LogP contribution in [0.4, 0.5) is 0 Å². The van der Waals surface area contributed by atoms with E-state index in [1.54, 1.807) is 14.2 Å². The van der Waals surface area contributed by atoms with Gasteiger partial charge >= 0.3 is 0 Å². The third kappa shape index (κ3) is 3.85. The average molecular weight is 333 g/mol. The van der Waals surface area contributed by atoms with Crippen LogP contribution in [0.3, 0.4) is 0 Å². The molecule has 1 N–H and O–H groups in total. The Hall–Kier alpha value is -1.30. The molecule has 134 valence electrons. The molecule has 0 bridgehead atoms. The molecule has 2 atom stereocenters. The number of piperazine rings is 1. The van der Waals surface area contributed by atoms with Crippen molar-refractivity contribution in [3.05, 3.63) is 23.8 Å². The second-order valence-electron chi connectivity index (χ2n) is 6.92. The first kappa shape index (κ1) is 17.5. The fraction of sp³-hybridized carbons (Fsp3) is 0.684. The molecule has 2 aliphatic rings. The van der Waals surface area contributed by atoms with Crippen molar-refractivity contribution < 1.29 is 9.47 Å². The monoisotopic (exact) mass is 333 g/mol. The van der Waals surface area contributed by atoms with Gasteiger partial charge in [0.1, 0.15) is 11.5 Å². The molecule has 0 saturated carbocycles. The van der Waals surface area contributed by atoms with Gasteiger partial charge in [-0.15, -0.1) is 0 Å². The van der Waals surface area contributed by atoms with Crippen molar-refractivity contribution in [1.29, 1.82) is 0 Å². The van der Waals surface area contributed by atoms with E-state index in [2.05, 4.69) is 34.2 Å². The van der Waals surface area contributed by atoms with Crippen LogP contribution in [-0.4, -0.2) is 69.3 Å². The first-order valence-electron chi connectivity index (χ1n) is 9.13. The van der Waals surface area contributed by atoms with Crippen LogP contribution in [0, 0.1) is 0 Å². The molecule has 2 heterocycles. The number of hydrogen-bond donors (Lipinski definition) is 1. The number of rotatable bonds is 6. The Morgan fingerprint density at radius 2 is 1.96 bits per heavy atom. The maximum Gasteiger partial charge on any atom is 0.127 e. The molecule has 0 aromatic heterocycles. The van der Waals surface area contributed by atoms with E-state index in [0.29, 0.717) is 12.1 Å². The molecule has 0 amide bonds. The molecule has 5 heteroatoms. The van der Waals surface area contributed by atoms with Crippen LogP contribution in [0.25, 0.3) is 0 Å². The lowest BCUT2D eigenvalue weighted by Gasteiger charge is -2.42. The molecule has 2 aliphatic heterocycles. The minimum atomic E-state index is 0.362. The van der Waals surface area contributed by atoms with Crippen LogP contribution in [0.2, 0.25) is 0 Å². The van der Waals surface area contributed by atoms with E-state index in [0.717, 1.165) is 37.7 Å². The molecule has 0 spiro atoms. The zero-order valence-corrected chi connectivity index (χ0v) is 15.3. The highest BCUT2D eigenvalue weighted by atomic mass is 16.5. The van der Waals surface area contributed by atoms with Crippen LogP contribution in [-0.2, 0) is 0 Å². The van der Waals surface area contributed by atoms with Crippen molar-refractivity contribution in [2.45, 2.75) is 31.8 Å². The molecule has 1 aromatic rings. The third-order valence-electron chi connectivity index (χ3n) is 5.38. The molecule has 2 fully saturated rings. The second-order valence-corrected chi connectivity index (χ2v) is 6.92. The summed E-state index contributed by atoms with van der Waals surface area (Å²) < 4.78 is 11.1. The van der Waals surface area contributed by atoms with E-state index < -0.39 is 0 Å². The van der Waals surface area contributed by atoms with E-state index in [9.17, 15) is 0 Å². The Labute approximate surface area is 145 Å². The van der Waals surface area contributed by atoms with Gasteiger partial charge in [-0.1, -0.05) is 6.07 Å². The summed E-state index contributed by atoms with van der Waals surface area (Å²) in [6.07, 6.45) is 2.65. The van der Waals surface area contributed by atoms with Gasteiger partial charge in [0.25, 0.3) is 0 Å². The number of ether oxygens (including phenoxy) is 2. The topological polar surface area (TPSA) is 37.0 Å². The van der Waals surface area contributed by atoms with Crippen molar-refractivity contribution in [1.82, 2.24) is 15.1 Å². The number of benzene rings is 1. The number of hydrogen-bond acceptors (Lipinski definition) is 5. The van der Waals surface area contributed by atoms with Crippen molar-refractivity contribution in [2.24, 2.45) is 0 Å². The van der Waals surface area contributed by atoms with Gasteiger partial charge in [0.2, 0.25) is 0 Å². The summed E-state index contributed by atoms with van der Waals surface area (Å²) in [6.45, 7) is 9.01. The summed E-state index contributed by atoms with van der Waals surface area (Å²) in [5, 5.41) is 3.50. The predicted molar refractivity (Wildman–Crippen MR) is 97.0 cm³/mol. The van der Waals surface area contributed by atoms with Gasteiger partial charge in [0, 0.05) is 43.9 Å². The van der Waals surface area contributed by atoms with Crippen LogP contribution in [0.15, 0.2) is 18.2 Å². The molecular weight excluding hydrogens is 302 g/mol. The fourth-order valence-electron chi connectivity index (χ4n) is 4.01. The minimum absolute atomic E-state index is 0.362. The molecule has 24 heavy (non-hydrogen) atoms. The molecule has 3 rings (SSSR count). The number of methoxy groups -OCH3 is 2. The SMILES string of the molecule is COc1ccc(C(CN2CCCC2)N2CCNCC2C)c(OC)c1. The lowest BCUT2D eigenvalue weighted by atomic mass is 10.00. The lowest BCUT2D eigenvalue weighted by molar-refractivity contribution is 0.0891. The summed E-state index contributed by atoms with van der Waals surface area (Å²) in [5.41, 5.74) is 1.28. The van der Waals surface area contributed by atoms with Gasteiger partial charge in [-0.25, -0.2) is 0 Å². The molecule has 5 nitrogen and oxygen atoms in total. The summed E-state index contributed by atoms with van der Waals surface area (Å²) in [4.78, 5) is 5.24. The third-order valence-corrected chi connectivity index (χ3v) is 5.38. The second kappa shape index (κ2) is 8.19. The maximum atomic E-state index is 5.72. The first-order chi connectivity index (χ1) is 11.7. The average Bonchev–Trinajstić information content (AvgIpc) is 3.13. The lowest BCUT2D eigenvalue weighted by Crippen LogP contribution is -2.53. The highest BCUT2D eigenvalue weighted by Gasteiger charge is 2.31. The maximum absolute atomic E-state index is 5.72. The van der Waals surface area contributed by atoms with E-state index in [1.807, 2.05) is 6.07 Å². The first-order valence-corrected chi connectivity index (χ1v) is 9.13. The van der Waals surface area contributed by atoms with E-state index >= 15 is 0 Å². The number of nitrogens with one attached hydrogen (secondary N) is 1. The predicted octanol–water partition coefficient (Wildman–Crippen LogP) is 2.13. The fourth-order valence-corrected chi connectivity index (χ4v) is 4.01. The van der Waals surface area contributed by atoms with Crippen LogP contribution in [0.5, 0.6) is 11.5 Å². The Morgan fingerprint density at radius 3 is 2.62 bits per heavy atom. The zero-order chi connectivity index (χ0) is 16.9. The summed E-state index contributed by atoms with van der Waals surface area (Å²) >= 11 is 0. The van der Waals surface area contributed by atoms with Gasteiger partial charge in [-0.3, -0.25) is 4.90 Å². The summed E-state index contributed by atoms with van der Waals surface area (Å²) in [7, 11) is 3.46. The smallest absolute Gasteiger partial charge is 0.127 e. The van der Waals surface area contributed by atoms with Gasteiger partial charge in [0.15, 0.2) is 0 Å². The van der Waals surface area contributed by atoms with Gasteiger partial charge in [-0.2, -0.15) is 0 Å².